The molecule has 0 radical (unpaired) electrons. The van der Waals surface area contributed by atoms with E-state index in [1.54, 1.807) is 0 Å². The first-order valence-corrected chi connectivity index (χ1v) is 8.75. The summed E-state index contributed by atoms with van der Waals surface area (Å²) in [5.74, 6) is 0.565. The summed E-state index contributed by atoms with van der Waals surface area (Å²) in [5, 5.41) is 3.90. The van der Waals surface area contributed by atoms with Crippen LogP contribution in [-0.4, -0.2) is 11.6 Å². The third-order valence-corrected chi connectivity index (χ3v) is 5.30. The minimum atomic E-state index is 0.159. The maximum atomic E-state index is 6.27. The highest BCUT2D eigenvalue weighted by Crippen LogP contribution is 2.34. The van der Waals surface area contributed by atoms with Gasteiger partial charge >= 0.3 is 0 Å². The highest BCUT2D eigenvalue weighted by atomic mass is 15.0. The molecule has 1 aliphatic rings. The molecular formula is C21H28N2. The van der Waals surface area contributed by atoms with Crippen LogP contribution < -0.4 is 11.1 Å². The lowest BCUT2D eigenvalue weighted by molar-refractivity contribution is 0.164. The van der Waals surface area contributed by atoms with Crippen molar-refractivity contribution in [2.24, 2.45) is 11.7 Å². The maximum absolute atomic E-state index is 6.27. The van der Waals surface area contributed by atoms with Crippen LogP contribution in [0.15, 0.2) is 60.7 Å². The first-order chi connectivity index (χ1) is 11.2. The Morgan fingerprint density at radius 3 is 2.22 bits per heavy atom. The second kappa shape index (κ2) is 7.29. The van der Waals surface area contributed by atoms with E-state index in [0.717, 1.165) is 32.2 Å². The van der Waals surface area contributed by atoms with Crippen LogP contribution in [0.3, 0.4) is 0 Å². The van der Waals surface area contributed by atoms with Crippen molar-refractivity contribution in [1.29, 1.82) is 0 Å². The minimum Gasteiger partial charge on any atom is -0.327 e. The summed E-state index contributed by atoms with van der Waals surface area (Å²) >= 11 is 0. The number of nitrogens with two attached hydrogens (primary N) is 1. The van der Waals surface area contributed by atoms with Gasteiger partial charge in [0.15, 0.2) is 0 Å². The molecule has 2 nitrogen and oxygen atoms in total. The van der Waals surface area contributed by atoms with Crippen LogP contribution in [0.2, 0.25) is 0 Å². The highest BCUT2D eigenvalue weighted by Gasteiger charge is 2.37. The van der Waals surface area contributed by atoms with E-state index in [2.05, 4.69) is 72.9 Å². The van der Waals surface area contributed by atoms with E-state index < -0.39 is 0 Å². The van der Waals surface area contributed by atoms with E-state index >= 15 is 0 Å². The summed E-state index contributed by atoms with van der Waals surface area (Å²) in [6.45, 7) is 3.23. The molecule has 3 rings (SSSR count). The SMILES string of the molecule is CC1CC(Cc2ccccc2)(NCc2ccccc2)CCC1N. The van der Waals surface area contributed by atoms with Crippen LogP contribution in [0, 0.1) is 5.92 Å². The smallest absolute Gasteiger partial charge is 0.0228 e. The average Bonchev–Trinajstić information content (AvgIpc) is 2.59. The number of hydrogen-bond acceptors (Lipinski definition) is 2. The van der Waals surface area contributed by atoms with Crippen molar-refractivity contribution < 1.29 is 0 Å². The van der Waals surface area contributed by atoms with Crippen molar-refractivity contribution in [2.45, 2.75) is 50.7 Å². The molecule has 1 fully saturated rings. The third-order valence-electron chi connectivity index (χ3n) is 5.30. The summed E-state index contributed by atoms with van der Waals surface area (Å²) in [5.41, 5.74) is 9.19. The average molecular weight is 308 g/mol. The lowest BCUT2D eigenvalue weighted by atomic mass is 9.71. The molecule has 3 N–H and O–H groups in total. The molecule has 2 aromatic rings. The number of benzene rings is 2. The molecule has 23 heavy (non-hydrogen) atoms. The van der Waals surface area contributed by atoms with Crippen molar-refractivity contribution in [3.8, 4) is 0 Å². The highest BCUT2D eigenvalue weighted by molar-refractivity contribution is 5.20. The number of nitrogens with one attached hydrogen (secondary N) is 1. The lowest BCUT2D eigenvalue weighted by Crippen LogP contribution is -2.54. The van der Waals surface area contributed by atoms with Crippen molar-refractivity contribution in [3.63, 3.8) is 0 Å². The predicted octanol–water partition coefficient (Wildman–Crippen LogP) is 3.91. The Bertz CT molecular complexity index is 596. The summed E-state index contributed by atoms with van der Waals surface area (Å²) in [6, 6.07) is 21.9. The zero-order valence-corrected chi connectivity index (χ0v) is 14.0. The fraction of sp³-hybridized carbons (Fsp3) is 0.429. The Morgan fingerprint density at radius 2 is 1.61 bits per heavy atom. The van der Waals surface area contributed by atoms with E-state index in [1.165, 1.54) is 11.1 Å². The van der Waals surface area contributed by atoms with Gasteiger partial charge in [-0.15, -0.1) is 0 Å². The molecular weight excluding hydrogens is 280 g/mol. The molecule has 0 heterocycles. The molecule has 2 heteroatoms. The largest absolute Gasteiger partial charge is 0.327 e. The van der Waals surface area contributed by atoms with Crippen molar-refractivity contribution in [3.05, 3.63) is 71.8 Å². The van der Waals surface area contributed by atoms with Crippen LogP contribution in [0.5, 0.6) is 0 Å². The summed E-state index contributed by atoms with van der Waals surface area (Å²) in [4.78, 5) is 0. The van der Waals surface area contributed by atoms with E-state index in [0.29, 0.717) is 12.0 Å². The summed E-state index contributed by atoms with van der Waals surface area (Å²) < 4.78 is 0. The molecule has 3 unspecified atom stereocenters. The fourth-order valence-corrected chi connectivity index (χ4v) is 3.85. The minimum absolute atomic E-state index is 0.159. The Labute approximate surface area is 140 Å². The Morgan fingerprint density at radius 1 is 1.00 bits per heavy atom. The molecule has 122 valence electrons. The molecule has 0 amide bonds. The van der Waals surface area contributed by atoms with E-state index in [-0.39, 0.29) is 5.54 Å². The first kappa shape index (κ1) is 16.2. The monoisotopic (exact) mass is 308 g/mol. The number of rotatable bonds is 5. The molecule has 0 spiro atoms. The zero-order chi connectivity index (χ0) is 16.1. The predicted molar refractivity (Wildman–Crippen MR) is 97.1 cm³/mol. The van der Waals surface area contributed by atoms with E-state index in [9.17, 15) is 0 Å². The lowest BCUT2D eigenvalue weighted by Gasteiger charge is -2.44. The molecule has 3 atom stereocenters. The molecule has 0 saturated heterocycles. The molecule has 0 aliphatic heterocycles. The van der Waals surface area contributed by atoms with Gasteiger partial charge in [-0.1, -0.05) is 67.6 Å². The van der Waals surface area contributed by atoms with Gasteiger partial charge in [-0.2, -0.15) is 0 Å². The van der Waals surface area contributed by atoms with Gasteiger partial charge in [0.2, 0.25) is 0 Å². The molecule has 2 aromatic carbocycles. The second-order valence-corrected chi connectivity index (χ2v) is 7.17. The van der Waals surface area contributed by atoms with Gasteiger partial charge in [0.05, 0.1) is 0 Å². The van der Waals surface area contributed by atoms with Crippen LogP contribution in [-0.2, 0) is 13.0 Å². The van der Waals surface area contributed by atoms with Gasteiger partial charge in [-0.3, -0.25) is 0 Å². The van der Waals surface area contributed by atoms with Gasteiger partial charge in [-0.25, -0.2) is 0 Å². The van der Waals surface area contributed by atoms with Gasteiger partial charge < -0.3 is 11.1 Å². The van der Waals surface area contributed by atoms with Crippen molar-refractivity contribution in [2.75, 3.05) is 0 Å². The van der Waals surface area contributed by atoms with Gasteiger partial charge in [0.25, 0.3) is 0 Å². The van der Waals surface area contributed by atoms with Crippen LogP contribution >= 0.6 is 0 Å². The first-order valence-electron chi connectivity index (χ1n) is 8.75. The molecule has 0 bridgehead atoms. The Kier molecular flexibility index (Phi) is 5.14. The third kappa shape index (κ3) is 4.21. The fourth-order valence-electron chi connectivity index (χ4n) is 3.85. The van der Waals surface area contributed by atoms with Crippen molar-refractivity contribution >= 4 is 0 Å². The molecule has 1 aliphatic carbocycles. The standard InChI is InChI=1S/C21H28N2/c1-17-14-21(13-12-20(17)22,15-18-8-4-2-5-9-18)23-16-19-10-6-3-7-11-19/h2-11,17,20,23H,12-16,22H2,1H3. The van der Waals surface area contributed by atoms with E-state index in [1.807, 2.05) is 0 Å². The maximum Gasteiger partial charge on any atom is 0.0228 e. The van der Waals surface area contributed by atoms with Gasteiger partial charge in [0, 0.05) is 18.1 Å². The summed E-state index contributed by atoms with van der Waals surface area (Å²) in [7, 11) is 0. The summed E-state index contributed by atoms with van der Waals surface area (Å²) in [6.07, 6.45) is 4.49. The topological polar surface area (TPSA) is 38.0 Å². The van der Waals surface area contributed by atoms with Crippen LogP contribution in [0.4, 0.5) is 0 Å². The number of hydrogen-bond donors (Lipinski definition) is 2. The van der Waals surface area contributed by atoms with Crippen LogP contribution in [0.1, 0.15) is 37.3 Å². The molecule has 1 saturated carbocycles. The normalized spacial score (nSPS) is 27.7. The van der Waals surface area contributed by atoms with Gasteiger partial charge in [-0.05, 0) is 42.7 Å². The second-order valence-electron chi connectivity index (χ2n) is 7.17. The van der Waals surface area contributed by atoms with Crippen LogP contribution in [0.25, 0.3) is 0 Å². The molecule has 0 aromatic heterocycles. The van der Waals surface area contributed by atoms with Crippen molar-refractivity contribution in [1.82, 2.24) is 5.32 Å². The van der Waals surface area contributed by atoms with Gasteiger partial charge in [0.1, 0.15) is 0 Å². The Balaban J connectivity index is 1.76. The van der Waals surface area contributed by atoms with E-state index in [4.69, 9.17) is 5.73 Å². The zero-order valence-electron chi connectivity index (χ0n) is 14.0. The Hall–Kier alpha value is -1.64. The quantitative estimate of drug-likeness (QED) is 0.879.